The Morgan fingerprint density at radius 3 is 2.64 bits per heavy atom. The summed E-state index contributed by atoms with van der Waals surface area (Å²) in [5.74, 6) is 0. The van der Waals surface area contributed by atoms with Gasteiger partial charge in [-0.05, 0) is 20.3 Å². The Balaban J connectivity index is 2.25. The van der Waals surface area contributed by atoms with Crippen LogP contribution >= 0.6 is 0 Å². The predicted octanol–water partition coefficient (Wildman–Crippen LogP) is 1.98. The average molecular weight is 158 g/mol. The van der Waals surface area contributed by atoms with Crippen LogP contribution < -0.4 is 0 Å². The summed E-state index contributed by atoms with van der Waals surface area (Å²) in [7, 11) is 0. The summed E-state index contributed by atoms with van der Waals surface area (Å²) in [6.07, 6.45) is 2.64. The molecular weight excluding hydrogens is 140 g/mol. The lowest BCUT2D eigenvalue weighted by molar-refractivity contribution is -0.175. The van der Waals surface area contributed by atoms with Crippen LogP contribution in [0.5, 0.6) is 0 Å². The fourth-order valence-corrected chi connectivity index (χ4v) is 1.22. The van der Waals surface area contributed by atoms with E-state index in [4.69, 9.17) is 9.47 Å². The third-order valence-electron chi connectivity index (χ3n) is 1.94. The maximum Gasteiger partial charge on any atom is 0.0860 e. The van der Waals surface area contributed by atoms with Crippen LogP contribution in [0, 0.1) is 0 Å². The van der Waals surface area contributed by atoms with Crippen LogP contribution in [0.2, 0.25) is 0 Å². The van der Waals surface area contributed by atoms with E-state index >= 15 is 0 Å². The Kier molecular flexibility index (Phi) is 2.90. The summed E-state index contributed by atoms with van der Waals surface area (Å²) in [5.41, 5.74) is -0.0652. The Bertz CT molecular complexity index is 111. The first kappa shape index (κ1) is 9.01. The third kappa shape index (κ3) is 2.80. The predicted molar refractivity (Wildman–Crippen MR) is 44.7 cm³/mol. The van der Waals surface area contributed by atoms with Crippen molar-refractivity contribution < 1.29 is 9.47 Å². The van der Waals surface area contributed by atoms with Gasteiger partial charge in [0, 0.05) is 0 Å². The summed E-state index contributed by atoms with van der Waals surface area (Å²) in [6, 6.07) is 0. The molecule has 1 atom stereocenters. The van der Waals surface area contributed by atoms with Gasteiger partial charge in [0.1, 0.15) is 0 Å². The van der Waals surface area contributed by atoms with Gasteiger partial charge in [-0.1, -0.05) is 13.3 Å². The Morgan fingerprint density at radius 2 is 2.18 bits per heavy atom. The van der Waals surface area contributed by atoms with Crippen LogP contribution in [-0.4, -0.2) is 24.9 Å². The van der Waals surface area contributed by atoms with Crippen LogP contribution in [0.1, 0.15) is 33.6 Å². The normalized spacial score (nSPS) is 30.3. The topological polar surface area (TPSA) is 18.5 Å². The van der Waals surface area contributed by atoms with Gasteiger partial charge in [0.25, 0.3) is 0 Å². The van der Waals surface area contributed by atoms with E-state index < -0.39 is 0 Å². The first-order chi connectivity index (χ1) is 5.14. The molecule has 1 saturated heterocycles. The SMILES string of the molecule is CCCC1COC(C)(C)CO1. The molecule has 0 aliphatic carbocycles. The quantitative estimate of drug-likeness (QED) is 0.611. The van der Waals surface area contributed by atoms with Gasteiger partial charge in [-0.3, -0.25) is 0 Å². The van der Waals surface area contributed by atoms with Gasteiger partial charge in [0.05, 0.1) is 24.9 Å². The molecular formula is C9H18O2. The van der Waals surface area contributed by atoms with Crippen LogP contribution in [0.15, 0.2) is 0 Å². The molecule has 0 bridgehead atoms. The first-order valence-electron chi connectivity index (χ1n) is 4.39. The second kappa shape index (κ2) is 3.55. The van der Waals surface area contributed by atoms with Gasteiger partial charge in [-0.2, -0.15) is 0 Å². The van der Waals surface area contributed by atoms with Crippen molar-refractivity contribution in [2.24, 2.45) is 0 Å². The van der Waals surface area contributed by atoms with E-state index in [-0.39, 0.29) is 5.60 Å². The Morgan fingerprint density at radius 1 is 1.45 bits per heavy atom. The molecule has 0 amide bonds. The second-order valence-corrected chi connectivity index (χ2v) is 3.79. The highest BCUT2D eigenvalue weighted by Gasteiger charge is 2.27. The van der Waals surface area contributed by atoms with Gasteiger partial charge >= 0.3 is 0 Å². The first-order valence-corrected chi connectivity index (χ1v) is 4.39. The average Bonchev–Trinajstić information content (AvgIpc) is 1.94. The van der Waals surface area contributed by atoms with Crippen molar-refractivity contribution in [3.8, 4) is 0 Å². The zero-order chi connectivity index (χ0) is 8.32. The van der Waals surface area contributed by atoms with E-state index in [1.807, 2.05) is 0 Å². The summed E-state index contributed by atoms with van der Waals surface area (Å²) < 4.78 is 11.2. The molecule has 1 rings (SSSR count). The Labute approximate surface area is 68.9 Å². The van der Waals surface area contributed by atoms with Gasteiger partial charge in [0.15, 0.2) is 0 Å². The van der Waals surface area contributed by atoms with Crippen molar-refractivity contribution in [2.75, 3.05) is 13.2 Å². The van der Waals surface area contributed by atoms with Crippen molar-refractivity contribution in [3.05, 3.63) is 0 Å². The van der Waals surface area contributed by atoms with E-state index in [0.29, 0.717) is 6.10 Å². The highest BCUT2D eigenvalue weighted by atomic mass is 16.6. The summed E-state index contributed by atoms with van der Waals surface area (Å²) in [5, 5.41) is 0. The smallest absolute Gasteiger partial charge is 0.0860 e. The van der Waals surface area contributed by atoms with Crippen molar-refractivity contribution in [3.63, 3.8) is 0 Å². The monoisotopic (exact) mass is 158 g/mol. The molecule has 0 N–H and O–H groups in total. The lowest BCUT2D eigenvalue weighted by Crippen LogP contribution is -2.42. The van der Waals surface area contributed by atoms with E-state index in [1.165, 1.54) is 6.42 Å². The van der Waals surface area contributed by atoms with Gasteiger partial charge in [-0.25, -0.2) is 0 Å². The maximum atomic E-state index is 5.61. The number of ether oxygens (including phenoxy) is 2. The van der Waals surface area contributed by atoms with Gasteiger partial charge in [-0.15, -0.1) is 0 Å². The number of rotatable bonds is 2. The van der Waals surface area contributed by atoms with Gasteiger partial charge in [0.2, 0.25) is 0 Å². The zero-order valence-corrected chi connectivity index (χ0v) is 7.72. The minimum atomic E-state index is -0.0652. The molecule has 66 valence electrons. The highest BCUT2D eigenvalue weighted by Crippen LogP contribution is 2.19. The fourth-order valence-electron chi connectivity index (χ4n) is 1.22. The molecule has 1 fully saturated rings. The van der Waals surface area contributed by atoms with Crippen molar-refractivity contribution in [2.45, 2.75) is 45.3 Å². The van der Waals surface area contributed by atoms with Crippen LogP contribution in [0.3, 0.4) is 0 Å². The van der Waals surface area contributed by atoms with Crippen LogP contribution in [-0.2, 0) is 9.47 Å². The van der Waals surface area contributed by atoms with Crippen molar-refractivity contribution in [1.29, 1.82) is 0 Å². The minimum absolute atomic E-state index is 0.0652. The standard InChI is InChI=1S/C9H18O2/c1-4-5-8-6-11-9(2,3)7-10-8/h8H,4-7H2,1-3H3. The largest absolute Gasteiger partial charge is 0.373 e. The van der Waals surface area contributed by atoms with E-state index in [2.05, 4.69) is 20.8 Å². The zero-order valence-electron chi connectivity index (χ0n) is 7.72. The minimum Gasteiger partial charge on any atom is -0.373 e. The molecule has 0 saturated carbocycles. The lowest BCUT2D eigenvalue weighted by Gasteiger charge is -2.34. The second-order valence-electron chi connectivity index (χ2n) is 3.79. The van der Waals surface area contributed by atoms with Crippen LogP contribution in [0.4, 0.5) is 0 Å². The molecule has 2 heteroatoms. The third-order valence-corrected chi connectivity index (χ3v) is 1.94. The summed E-state index contributed by atoms with van der Waals surface area (Å²) in [6.45, 7) is 7.80. The Hall–Kier alpha value is -0.0800. The van der Waals surface area contributed by atoms with Crippen molar-refractivity contribution in [1.82, 2.24) is 0 Å². The molecule has 1 aliphatic heterocycles. The number of hydrogen-bond acceptors (Lipinski definition) is 2. The summed E-state index contributed by atoms with van der Waals surface area (Å²) in [4.78, 5) is 0. The molecule has 1 heterocycles. The molecule has 2 nitrogen and oxygen atoms in total. The molecule has 0 aromatic rings. The molecule has 1 aliphatic rings. The van der Waals surface area contributed by atoms with E-state index in [1.54, 1.807) is 0 Å². The molecule has 11 heavy (non-hydrogen) atoms. The molecule has 0 spiro atoms. The lowest BCUT2D eigenvalue weighted by atomic mass is 10.1. The summed E-state index contributed by atoms with van der Waals surface area (Å²) >= 11 is 0. The molecule has 0 radical (unpaired) electrons. The fraction of sp³-hybridized carbons (Fsp3) is 1.00. The maximum absolute atomic E-state index is 5.61. The number of hydrogen-bond donors (Lipinski definition) is 0. The van der Waals surface area contributed by atoms with Crippen LogP contribution in [0.25, 0.3) is 0 Å². The highest BCUT2D eigenvalue weighted by molar-refractivity contribution is 4.74. The van der Waals surface area contributed by atoms with Crippen molar-refractivity contribution >= 4 is 0 Å². The molecule has 0 aromatic heterocycles. The van der Waals surface area contributed by atoms with E-state index in [0.717, 1.165) is 19.6 Å². The van der Waals surface area contributed by atoms with E-state index in [9.17, 15) is 0 Å². The van der Waals surface area contributed by atoms with Gasteiger partial charge < -0.3 is 9.47 Å². The molecule has 1 unspecified atom stereocenters. The molecule has 0 aromatic carbocycles.